The summed E-state index contributed by atoms with van der Waals surface area (Å²) in [6.07, 6.45) is 0.332. The molecular formula is C15H9BrF3NS. The van der Waals surface area contributed by atoms with Gasteiger partial charge in [-0.25, -0.2) is 18.2 Å². The number of benzene rings is 2. The molecule has 3 rings (SSSR count). The van der Waals surface area contributed by atoms with Crippen molar-refractivity contribution in [2.45, 2.75) is 11.2 Å². The molecule has 0 saturated carbocycles. The fraction of sp³-hybridized carbons (Fsp3) is 0.133. The smallest absolute Gasteiger partial charge is 0.133 e. The number of fused-ring (bicyclic) bond motifs is 1. The summed E-state index contributed by atoms with van der Waals surface area (Å²) in [5.74, 6) is -2.71. The first-order chi connectivity index (χ1) is 10.0. The first kappa shape index (κ1) is 14.5. The summed E-state index contributed by atoms with van der Waals surface area (Å²) in [7, 11) is 0. The van der Waals surface area contributed by atoms with E-state index in [0.29, 0.717) is 18.6 Å². The lowest BCUT2D eigenvalue weighted by Crippen LogP contribution is -2.03. The van der Waals surface area contributed by atoms with Crippen molar-refractivity contribution in [3.05, 3.63) is 64.4 Å². The Bertz CT molecular complexity index is 746. The minimum absolute atomic E-state index is 0.171. The van der Waals surface area contributed by atoms with Gasteiger partial charge >= 0.3 is 0 Å². The second-order valence-electron chi connectivity index (χ2n) is 4.53. The minimum Gasteiger partial charge on any atom is -0.241 e. The molecule has 1 unspecified atom stereocenters. The zero-order chi connectivity index (χ0) is 15.0. The van der Waals surface area contributed by atoms with Gasteiger partial charge in [-0.1, -0.05) is 28.1 Å². The number of hydrogen-bond donors (Lipinski definition) is 0. The first-order valence-corrected chi connectivity index (χ1v) is 7.91. The Kier molecular flexibility index (Phi) is 3.99. The maximum atomic E-state index is 13.7. The highest BCUT2D eigenvalue weighted by atomic mass is 79.9. The average Bonchev–Trinajstić information content (AvgIpc) is 2.79. The molecule has 108 valence electrons. The van der Waals surface area contributed by atoms with Crippen LogP contribution in [-0.4, -0.2) is 4.98 Å². The van der Waals surface area contributed by atoms with E-state index < -0.39 is 22.3 Å². The predicted molar refractivity (Wildman–Crippen MR) is 81.3 cm³/mol. The first-order valence-electron chi connectivity index (χ1n) is 6.17. The summed E-state index contributed by atoms with van der Waals surface area (Å²) in [5, 5.41) is 0.765. The van der Waals surface area contributed by atoms with Gasteiger partial charge in [0.05, 0.1) is 20.1 Å². The molecule has 3 aromatic rings. The lowest BCUT2D eigenvalue weighted by Gasteiger charge is -2.11. The summed E-state index contributed by atoms with van der Waals surface area (Å²) >= 11 is 4.75. The number of halogens is 4. The zero-order valence-corrected chi connectivity index (χ0v) is 13.0. The highest BCUT2D eigenvalue weighted by Gasteiger charge is 2.21. The van der Waals surface area contributed by atoms with Gasteiger partial charge in [0.15, 0.2) is 0 Å². The van der Waals surface area contributed by atoms with Crippen molar-refractivity contribution >= 4 is 37.5 Å². The number of alkyl halides is 1. The summed E-state index contributed by atoms with van der Waals surface area (Å²) in [6.45, 7) is 0. The van der Waals surface area contributed by atoms with Crippen molar-refractivity contribution in [2.24, 2.45) is 0 Å². The number of hydrogen-bond acceptors (Lipinski definition) is 2. The monoisotopic (exact) mass is 371 g/mol. The van der Waals surface area contributed by atoms with Gasteiger partial charge in [0.1, 0.15) is 17.5 Å². The van der Waals surface area contributed by atoms with E-state index in [9.17, 15) is 13.2 Å². The summed E-state index contributed by atoms with van der Waals surface area (Å²) < 4.78 is 41.4. The van der Waals surface area contributed by atoms with Crippen LogP contribution in [-0.2, 0) is 6.42 Å². The second-order valence-corrected chi connectivity index (χ2v) is 6.75. The molecule has 6 heteroatoms. The van der Waals surface area contributed by atoms with Crippen LogP contribution in [0.15, 0.2) is 36.4 Å². The fourth-order valence-corrected chi connectivity index (χ4v) is 4.09. The van der Waals surface area contributed by atoms with Crippen LogP contribution in [0.3, 0.4) is 0 Å². The van der Waals surface area contributed by atoms with Gasteiger partial charge in [0.2, 0.25) is 0 Å². The Morgan fingerprint density at radius 2 is 1.76 bits per heavy atom. The van der Waals surface area contributed by atoms with Gasteiger partial charge in [-0.15, -0.1) is 11.3 Å². The van der Waals surface area contributed by atoms with E-state index in [1.165, 1.54) is 11.3 Å². The number of nitrogens with zero attached hydrogens (tertiary/aromatic N) is 1. The van der Waals surface area contributed by atoms with E-state index in [0.717, 1.165) is 15.2 Å². The molecule has 0 bridgehead atoms. The van der Waals surface area contributed by atoms with Crippen LogP contribution in [0, 0.1) is 17.5 Å². The Balaban J connectivity index is 1.91. The SMILES string of the molecule is Fc1cc(F)c(C(Br)Cc2nc3ccccc3s2)c(F)c1. The molecule has 1 nitrogen and oxygen atoms in total. The van der Waals surface area contributed by atoms with Crippen LogP contribution in [0.25, 0.3) is 10.2 Å². The summed E-state index contributed by atoms with van der Waals surface area (Å²) in [5.41, 5.74) is 0.688. The van der Waals surface area contributed by atoms with Crippen LogP contribution in [0.1, 0.15) is 15.4 Å². The highest BCUT2D eigenvalue weighted by molar-refractivity contribution is 9.09. The molecule has 0 spiro atoms. The normalized spacial score (nSPS) is 12.8. The highest BCUT2D eigenvalue weighted by Crippen LogP contribution is 2.34. The Hall–Kier alpha value is -1.40. The van der Waals surface area contributed by atoms with Crippen LogP contribution in [0.2, 0.25) is 0 Å². The molecule has 1 atom stereocenters. The van der Waals surface area contributed by atoms with Crippen molar-refractivity contribution in [3.63, 3.8) is 0 Å². The van der Waals surface area contributed by atoms with E-state index in [-0.39, 0.29) is 5.56 Å². The van der Waals surface area contributed by atoms with Crippen LogP contribution < -0.4 is 0 Å². The van der Waals surface area contributed by atoms with Crippen LogP contribution >= 0.6 is 27.3 Å². The fourth-order valence-electron chi connectivity index (χ4n) is 2.12. The molecule has 21 heavy (non-hydrogen) atoms. The third-order valence-electron chi connectivity index (χ3n) is 3.05. The van der Waals surface area contributed by atoms with Crippen molar-refractivity contribution in [2.75, 3.05) is 0 Å². The molecule has 0 aliphatic carbocycles. The Morgan fingerprint density at radius 3 is 2.43 bits per heavy atom. The summed E-state index contributed by atoms with van der Waals surface area (Å²) in [6, 6.07) is 9.00. The molecule has 0 aliphatic heterocycles. The van der Waals surface area contributed by atoms with E-state index >= 15 is 0 Å². The van der Waals surface area contributed by atoms with Gasteiger partial charge in [-0.05, 0) is 12.1 Å². The number of para-hydroxylation sites is 1. The van der Waals surface area contributed by atoms with E-state index in [2.05, 4.69) is 20.9 Å². The Labute approximate surface area is 131 Å². The third kappa shape index (κ3) is 2.96. The van der Waals surface area contributed by atoms with Crippen molar-refractivity contribution in [1.29, 1.82) is 0 Å². The van der Waals surface area contributed by atoms with Crippen LogP contribution in [0.4, 0.5) is 13.2 Å². The van der Waals surface area contributed by atoms with Gasteiger partial charge in [-0.2, -0.15) is 0 Å². The van der Waals surface area contributed by atoms with Gasteiger partial charge < -0.3 is 0 Å². The predicted octanol–water partition coefficient (Wildman–Crippen LogP) is 5.39. The molecule has 0 saturated heterocycles. The molecule has 0 amide bonds. The van der Waals surface area contributed by atoms with E-state index in [1.54, 1.807) is 0 Å². The third-order valence-corrected chi connectivity index (χ3v) is 4.89. The summed E-state index contributed by atoms with van der Waals surface area (Å²) in [4.78, 5) is 3.83. The molecule has 0 aliphatic rings. The number of thiazole rings is 1. The minimum atomic E-state index is -0.923. The lowest BCUT2D eigenvalue weighted by molar-refractivity contribution is 0.522. The quantitative estimate of drug-likeness (QED) is 0.562. The largest absolute Gasteiger partial charge is 0.241 e. The molecule has 1 aromatic heterocycles. The molecule has 0 N–H and O–H groups in total. The Morgan fingerprint density at radius 1 is 1.10 bits per heavy atom. The molecular weight excluding hydrogens is 363 g/mol. The standard InChI is InChI=1S/C15H9BrF3NS/c16-9(15-10(18)5-8(17)6-11(15)19)7-14-20-12-3-1-2-4-13(12)21-14/h1-6,9H,7H2. The molecule has 2 aromatic carbocycles. The molecule has 0 fully saturated rings. The number of rotatable bonds is 3. The van der Waals surface area contributed by atoms with Crippen LogP contribution in [0.5, 0.6) is 0 Å². The average molecular weight is 372 g/mol. The van der Waals surface area contributed by atoms with Gasteiger partial charge in [-0.3, -0.25) is 0 Å². The van der Waals surface area contributed by atoms with Crippen molar-refractivity contribution < 1.29 is 13.2 Å². The van der Waals surface area contributed by atoms with E-state index in [4.69, 9.17) is 0 Å². The molecule has 1 heterocycles. The number of aromatic nitrogens is 1. The van der Waals surface area contributed by atoms with Crippen molar-refractivity contribution in [3.8, 4) is 0 Å². The second kappa shape index (κ2) is 5.77. The zero-order valence-electron chi connectivity index (χ0n) is 10.6. The topological polar surface area (TPSA) is 12.9 Å². The maximum absolute atomic E-state index is 13.7. The van der Waals surface area contributed by atoms with E-state index in [1.807, 2.05) is 24.3 Å². The van der Waals surface area contributed by atoms with Gasteiger partial charge in [0.25, 0.3) is 0 Å². The lowest BCUT2D eigenvalue weighted by atomic mass is 10.1. The van der Waals surface area contributed by atoms with Crippen molar-refractivity contribution in [1.82, 2.24) is 4.98 Å². The maximum Gasteiger partial charge on any atom is 0.133 e. The molecule has 0 radical (unpaired) electrons. The van der Waals surface area contributed by atoms with Gasteiger partial charge in [0, 0.05) is 24.1 Å².